The van der Waals surface area contributed by atoms with Gasteiger partial charge in [0.1, 0.15) is 0 Å². The van der Waals surface area contributed by atoms with E-state index in [1.54, 1.807) is 10.9 Å². The number of likely N-dealkylation sites (N-methyl/N-ethyl adjacent to an activating group) is 1. The zero-order valence-corrected chi connectivity index (χ0v) is 13.4. The first kappa shape index (κ1) is 15.2. The smallest absolute Gasteiger partial charge is 0.261 e. The summed E-state index contributed by atoms with van der Waals surface area (Å²) in [5.74, 6) is 0. The van der Waals surface area contributed by atoms with Gasteiger partial charge in [-0.2, -0.15) is 0 Å². The van der Waals surface area contributed by atoms with Gasteiger partial charge < -0.3 is 10.2 Å². The van der Waals surface area contributed by atoms with Crippen molar-refractivity contribution in [2.45, 2.75) is 6.54 Å². The number of fused-ring (bicyclic) bond motifs is 1. The minimum Gasteiger partial charge on any atom is -0.314 e. The Morgan fingerprint density at radius 3 is 2.90 bits per heavy atom. The number of nitrogens with zero attached hydrogens (tertiary/aromatic N) is 3. The fourth-order valence-electron chi connectivity index (χ4n) is 1.92. The Bertz CT molecular complexity index is 639. The average Bonchev–Trinajstić information content (AvgIpc) is 2.41. The number of halogens is 1. The van der Waals surface area contributed by atoms with Gasteiger partial charge in [0.05, 0.1) is 17.2 Å². The highest BCUT2D eigenvalue weighted by Gasteiger charge is 2.04. The van der Waals surface area contributed by atoms with Gasteiger partial charge in [-0.05, 0) is 32.3 Å². The van der Waals surface area contributed by atoms with Crippen LogP contribution in [0.15, 0.2) is 33.8 Å². The molecule has 0 saturated carbocycles. The van der Waals surface area contributed by atoms with E-state index in [4.69, 9.17) is 0 Å². The van der Waals surface area contributed by atoms with Crippen molar-refractivity contribution >= 4 is 26.8 Å². The van der Waals surface area contributed by atoms with Gasteiger partial charge in [-0.1, -0.05) is 15.9 Å². The highest BCUT2D eigenvalue weighted by atomic mass is 79.9. The molecule has 0 saturated heterocycles. The molecule has 108 valence electrons. The fourth-order valence-corrected chi connectivity index (χ4v) is 2.28. The van der Waals surface area contributed by atoms with Crippen molar-refractivity contribution in [2.24, 2.45) is 0 Å². The maximum absolute atomic E-state index is 12.3. The summed E-state index contributed by atoms with van der Waals surface area (Å²) in [5.41, 5.74) is 0.737. The van der Waals surface area contributed by atoms with Crippen LogP contribution in [0.4, 0.5) is 0 Å². The van der Waals surface area contributed by atoms with E-state index >= 15 is 0 Å². The Kier molecular flexibility index (Phi) is 5.28. The quantitative estimate of drug-likeness (QED) is 0.807. The standard InChI is InChI=1S/C14H19BrN4O/c1-18(2)7-5-16-6-8-19-10-17-13-4-3-11(15)9-12(13)14(19)20/h3-4,9-10,16H,5-8H2,1-2H3. The van der Waals surface area contributed by atoms with Gasteiger partial charge in [-0.15, -0.1) is 0 Å². The van der Waals surface area contributed by atoms with Crippen LogP contribution in [-0.4, -0.2) is 48.2 Å². The number of hydrogen-bond donors (Lipinski definition) is 1. The lowest BCUT2D eigenvalue weighted by atomic mass is 10.2. The minimum absolute atomic E-state index is 0.00529. The SMILES string of the molecule is CN(C)CCNCCn1cnc2ccc(Br)cc2c1=O. The van der Waals surface area contributed by atoms with Crippen molar-refractivity contribution in [3.63, 3.8) is 0 Å². The van der Waals surface area contributed by atoms with Crippen LogP contribution in [-0.2, 0) is 6.54 Å². The Morgan fingerprint density at radius 1 is 1.35 bits per heavy atom. The summed E-state index contributed by atoms with van der Waals surface area (Å²) in [6.45, 7) is 3.28. The molecule has 0 bridgehead atoms. The lowest BCUT2D eigenvalue weighted by Crippen LogP contribution is -2.31. The van der Waals surface area contributed by atoms with E-state index in [0.29, 0.717) is 11.9 Å². The molecule has 0 aliphatic carbocycles. The van der Waals surface area contributed by atoms with Crippen molar-refractivity contribution in [3.8, 4) is 0 Å². The normalized spacial score (nSPS) is 11.4. The Balaban J connectivity index is 2.04. The van der Waals surface area contributed by atoms with E-state index in [-0.39, 0.29) is 5.56 Å². The summed E-state index contributed by atoms with van der Waals surface area (Å²) in [4.78, 5) is 18.8. The zero-order chi connectivity index (χ0) is 14.5. The number of rotatable bonds is 6. The molecule has 1 N–H and O–H groups in total. The molecule has 0 aliphatic heterocycles. The number of aromatic nitrogens is 2. The van der Waals surface area contributed by atoms with Gasteiger partial charge in [0.2, 0.25) is 0 Å². The van der Waals surface area contributed by atoms with Crippen molar-refractivity contribution in [3.05, 3.63) is 39.4 Å². The number of benzene rings is 1. The molecule has 0 fully saturated rings. The Morgan fingerprint density at radius 2 is 2.15 bits per heavy atom. The van der Waals surface area contributed by atoms with Gasteiger partial charge in [-0.3, -0.25) is 9.36 Å². The average molecular weight is 339 g/mol. The molecule has 0 amide bonds. The van der Waals surface area contributed by atoms with Crippen LogP contribution in [0, 0.1) is 0 Å². The lowest BCUT2D eigenvalue weighted by Gasteiger charge is -2.11. The topological polar surface area (TPSA) is 50.2 Å². The largest absolute Gasteiger partial charge is 0.314 e. The van der Waals surface area contributed by atoms with Crippen molar-refractivity contribution in [1.29, 1.82) is 0 Å². The molecule has 2 rings (SSSR count). The molecule has 0 unspecified atom stereocenters. The maximum atomic E-state index is 12.3. The summed E-state index contributed by atoms with van der Waals surface area (Å²) in [6, 6.07) is 5.56. The molecule has 1 aromatic heterocycles. The van der Waals surface area contributed by atoms with Crippen LogP contribution in [0.2, 0.25) is 0 Å². The Labute approximate surface area is 126 Å². The van der Waals surface area contributed by atoms with Crippen molar-refractivity contribution in [2.75, 3.05) is 33.7 Å². The molecule has 0 aliphatic rings. The molecular weight excluding hydrogens is 320 g/mol. The molecule has 0 spiro atoms. The van der Waals surface area contributed by atoms with Crippen LogP contribution in [0.3, 0.4) is 0 Å². The van der Waals surface area contributed by atoms with Gasteiger partial charge in [0, 0.05) is 30.7 Å². The first-order valence-corrected chi connectivity index (χ1v) is 7.37. The summed E-state index contributed by atoms with van der Waals surface area (Å²) >= 11 is 3.38. The van der Waals surface area contributed by atoms with Crippen molar-refractivity contribution in [1.82, 2.24) is 19.8 Å². The molecule has 20 heavy (non-hydrogen) atoms. The highest BCUT2D eigenvalue weighted by molar-refractivity contribution is 9.10. The molecule has 5 nitrogen and oxygen atoms in total. The van der Waals surface area contributed by atoms with Crippen LogP contribution < -0.4 is 10.9 Å². The lowest BCUT2D eigenvalue weighted by molar-refractivity contribution is 0.397. The third kappa shape index (κ3) is 3.88. The minimum atomic E-state index is 0.00529. The summed E-state index contributed by atoms with van der Waals surface area (Å²) < 4.78 is 2.54. The van der Waals surface area contributed by atoms with E-state index in [0.717, 1.165) is 29.6 Å². The molecule has 1 aromatic carbocycles. The zero-order valence-electron chi connectivity index (χ0n) is 11.8. The number of nitrogens with one attached hydrogen (secondary N) is 1. The fraction of sp³-hybridized carbons (Fsp3) is 0.429. The number of hydrogen-bond acceptors (Lipinski definition) is 4. The molecule has 0 radical (unpaired) electrons. The maximum Gasteiger partial charge on any atom is 0.261 e. The predicted octanol–water partition coefficient (Wildman–Crippen LogP) is 1.31. The van der Waals surface area contributed by atoms with Crippen LogP contribution in [0.5, 0.6) is 0 Å². The first-order valence-electron chi connectivity index (χ1n) is 6.58. The Hall–Kier alpha value is -1.24. The summed E-state index contributed by atoms with van der Waals surface area (Å²) in [7, 11) is 4.08. The monoisotopic (exact) mass is 338 g/mol. The summed E-state index contributed by atoms with van der Waals surface area (Å²) in [6.07, 6.45) is 1.62. The van der Waals surface area contributed by atoms with E-state index in [2.05, 4.69) is 31.1 Å². The van der Waals surface area contributed by atoms with Crippen LogP contribution in [0.25, 0.3) is 10.9 Å². The van der Waals surface area contributed by atoms with Gasteiger partial charge in [0.25, 0.3) is 5.56 Å². The van der Waals surface area contributed by atoms with E-state index < -0.39 is 0 Å². The second-order valence-corrected chi connectivity index (χ2v) is 5.87. The van der Waals surface area contributed by atoms with E-state index in [1.807, 2.05) is 32.3 Å². The van der Waals surface area contributed by atoms with E-state index in [1.165, 1.54) is 0 Å². The highest BCUT2D eigenvalue weighted by Crippen LogP contribution is 2.14. The molecular formula is C14H19BrN4O. The molecule has 1 heterocycles. The van der Waals surface area contributed by atoms with Gasteiger partial charge in [-0.25, -0.2) is 4.98 Å². The third-order valence-electron chi connectivity index (χ3n) is 3.05. The molecule has 6 heteroatoms. The predicted molar refractivity (Wildman–Crippen MR) is 85.1 cm³/mol. The van der Waals surface area contributed by atoms with Crippen LogP contribution in [0.1, 0.15) is 0 Å². The second kappa shape index (κ2) is 6.97. The summed E-state index contributed by atoms with van der Waals surface area (Å²) in [5, 5.41) is 3.96. The molecule has 0 atom stereocenters. The van der Waals surface area contributed by atoms with Crippen LogP contribution >= 0.6 is 15.9 Å². The van der Waals surface area contributed by atoms with Crippen molar-refractivity contribution < 1.29 is 0 Å². The second-order valence-electron chi connectivity index (χ2n) is 4.96. The van der Waals surface area contributed by atoms with Gasteiger partial charge in [0.15, 0.2) is 0 Å². The first-order chi connectivity index (χ1) is 9.58. The molecule has 2 aromatic rings. The van der Waals surface area contributed by atoms with Gasteiger partial charge >= 0.3 is 0 Å². The van der Waals surface area contributed by atoms with E-state index in [9.17, 15) is 4.79 Å². The third-order valence-corrected chi connectivity index (χ3v) is 3.54.